The molecule has 0 spiro atoms. The number of amides is 3. The Balaban J connectivity index is 1.29. The van der Waals surface area contributed by atoms with Crippen LogP contribution in [0.3, 0.4) is 0 Å². The second-order valence-corrected chi connectivity index (χ2v) is 11.4. The van der Waals surface area contributed by atoms with E-state index >= 15 is 0 Å². The second kappa shape index (κ2) is 10.3. The molecule has 0 aliphatic rings. The summed E-state index contributed by atoms with van der Waals surface area (Å²) in [6, 6.07) is 23.7. The lowest BCUT2D eigenvalue weighted by atomic mass is 9.92. The van der Waals surface area contributed by atoms with Gasteiger partial charge in [-0.05, 0) is 55.5 Å². The molecule has 0 unspecified atom stereocenters. The Hall–Kier alpha value is -5.71. The lowest BCUT2D eigenvalue weighted by Crippen LogP contribution is -2.21. The third-order valence-electron chi connectivity index (χ3n) is 7.13. The Bertz CT molecular complexity index is 2020. The van der Waals surface area contributed by atoms with Gasteiger partial charge in [-0.25, -0.2) is 19.4 Å². The maximum atomic E-state index is 13.1. The lowest BCUT2D eigenvalue weighted by molar-refractivity contribution is 0.100. The molecule has 3 aromatic heterocycles. The number of anilines is 3. The largest absolute Gasteiger partial charge is 0.384 e. The smallest absolute Gasteiger partial charge is 0.324 e. The van der Waals surface area contributed by atoms with Crippen LogP contribution in [0.4, 0.5) is 22.1 Å². The number of fused-ring (bicyclic) bond motifs is 2. The molecule has 0 aliphatic heterocycles. The van der Waals surface area contributed by atoms with Crippen LogP contribution >= 0.6 is 0 Å². The highest BCUT2D eigenvalue weighted by atomic mass is 16.2. The van der Waals surface area contributed by atoms with Crippen molar-refractivity contribution in [1.82, 2.24) is 24.3 Å². The number of nitrogens with one attached hydrogen (secondary N) is 2. The summed E-state index contributed by atoms with van der Waals surface area (Å²) >= 11 is 0. The Labute approximate surface area is 247 Å². The van der Waals surface area contributed by atoms with Gasteiger partial charge in [-0.3, -0.25) is 14.7 Å². The van der Waals surface area contributed by atoms with Crippen LogP contribution in [0, 0.1) is 6.92 Å². The van der Waals surface area contributed by atoms with Gasteiger partial charge in [-0.2, -0.15) is 5.10 Å². The molecule has 6 aromatic rings. The van der Waals surface area contributed by atoms with Crippen molar-refractivity contribution in [2.75, 3.05) is 16.4 Å². The summed E-state index contributed by atoms with van der Waals surface area (Å²) in [4.78, 5) is 34.8. The van der Waals surface area contributed by atoms with Gasteiger partial charge in [0.15, 0.2) is 5.65 Å². The minimum absolute atomic E-state index is 0.106. The maximum absolute atomic E-state index is 13.1. The van der Waals surface area contributed by atoms with Crippen molar-refractivity contribution < 1.29 is 9.59 Å². The highest BCUT2D eigenvalue weighted by Crippen LogP contribution is 2.31. The average Bonchev–Trinajstić information content (AvgIpc) is 3.50. The summed E-state index contributed by atoms with van der Waals surface area (Å²) in [5.74, 6) is -0.0187. The first-order chi connectivity index (χ1) is 20.5. The van der Waals surface area contributed by atoms with Crippen LogP contribution in [0.1, 0.15) is 42.4 Å². The van der Waals surface area contributed by atoms with Crippen molar-refractivity contribution in [3.8, 4) is 11.4 Å². The van der Waals surface area contributed by atoms with Gasteiger partial charge in [0.25, 0.3) is 5.91 Å². The first-order valence-corrected chi connectivity index (χ1v) is 13.7. The van der Waals surface area contributed by atoms with E-state index in [4.69, 9.17) is 21.5 Å². The van der Waals surface area contributed by atoms with Crippen molar-refractivity contribution >= 4 is 51.5 Å². The van der Waals surface area contributed by atoms with E-state index in [0.29, 0.717) is 39.4 Å². The van der Waals surface area contributed by atoms with E-state index < -0.39 is 11.9 Å². The monoisotopic (exact) mass is 573 g/mol. The number of carbonyl (C=O) groups is 2. The summed E-state index contributed by atoms with van der Waals surface area (Å²) < 4.78 is 3.36. The van der Waals surface area contributed by atoms with Gasteiger partial charge < -0.3 is 16.8 Å². The molecule has 11 nitrogen and oxygen atoms in total. The number of nitrogens with two attached hydrogens (primary N) is 2. The van der Waals surface area contributed by atoms with Gasteiger partial charge in [-0.15, -0.1) is 0 Å². The zero-order valence-corrected chi connectivity index (χ0v) is 24.2. The van der Waals surface area contributed by atoms with E-state index in [1.807, 2.05) is 61.5 Å². The third-order valence-corrected chi connectivity index (χ3v) is 7.13. The van der Waals surface area contributed by atoms with Gasteiger partial charge >= 0.3 is 6.03 Å². The molecule has 216 valence electrons. The number of nitrogen functional groups attached to an aromatic ring is 1. The fourth-order valence-corrected chi connectivity index (χ4v) is 4.86. The molecule has 43 heavy (non-hydrogen) atoms. The fraction of sp³-hybridized carbons (Fsp3) is 0.156. The number of hydrogen-bond acceptors (Lipinski definition) is 6. The van der Waals surface area contributed by atoms with Gasteiger partial charge in [0.2, 0.25) is 0 Å². The molecule has 0 fully saturated rings. The van der Waals surface area contributed by atoms with E-state index in [1.54, 1.807) is 33.5 Å². The molecular formula is C32H31N9O2. The van der Waals surface area contributed by atoms with Gasteiger partial charge in [-0.1, -0.05) is 50.6 Å². The molecule has 0 aliphatic carbocycles. The number of benzene rings is 3. The molecule has 11 heteroatoms. The highest BCUT2D eigenvalue weighted by molar-refractivity contribution is 6.10. The van der Waals surface area contributed by atoms with Crippen LogP contribution in [-0.2, 0) is 5.41 Å². The Morgan fingerprint density at radius 3 is 2.09 bits per heavy atom. The number of carbonyl (C=O) groups excluding carboxylic acids is 2. The van der Waals surface area contributed by atoms with Crippen molar-refractivity contribution in [3.05, 3.63) is 95.7 Å². The molecule has 0 atom stereocenters. The number of aryl methyl sites for hydroxylation is 1. The Morgan fingerprint density at radius 1 is 0.837 bits per heavy atom. The quantitative estimate of drug-likeness (QED) is 0.207. The summed E-state index contributed by atoms with van der Waals surface area (Å²) in [6.07, 6.45) is 0. The average molecular weight is 574 g/mol. The van der Waals surface area contributed by atoms with E-state index in [9.17, 15) is 9.59 Å². The molecule has 3 amide bonds. The maximum Gasteiger partial charge on any atom is 0.324 e. The number of nitrogens with zero attached hydrogens (tertiary/aromatic N) is 5. The van der Waals surface area contributed by atoms with Crippen molar-refractivity contribution in [1.29, 1.82) is 0 Å². The molecule has 0 saturated heterocycles. The minimum Gasteiger partial charge on any atom is -0.384 e. The molecule has 0 saturated carbocycles. The number of primary amides is 1. The standard InChI is InChI=1S/C32H31N9O2/c1-18-9-13-21(14-10-18)41-25(17-24(39-41)32(2,3)4)38-31(43)35-19-11-15-20(16-12-19)40-28(33)26(29(34)42)27-30(40)37-23-8-6-5-7-22(23)36-27/h5-17H,33H2,1-4H3,(H2,34,42)(H2,35,38,43). The zero-order chi connectivity index (χ0) is 30.5. The van der Waals surface area contributed by atoms with E-state index in [0.717, 1.165) is 16.9 Å². The molecule has 0 bridgehead atoms. The molecule has 6 rings (SSSR count). The van der Waals surface area contributed by atoms with Crippen molar-refractivity contribution in [2.45, 2.75) is 33.1 Å². The van der Waals surface area contributed by atoms with Gasteiger partial charge in [0.1, 0.15) is 22.7 Å². The van der Waals surface area contributed by atoms with Crippen molar-refractivity contribution in [3.63, 3.8) is 0 Å². The first-order valence-electron chi connectivity index (χ1n) is 13.7. The van der Waals surface area contributed by atoms with Crippen LogP contribution in [0.5, 0.6) is 0 Å². The fourth-order valence-electron chi connectivity index (χ4n) is 4.86. The predicted molar refractivity (Wildman–Crippen MR) is 169 cm³/mol. The van der Waals surface area contributed by atoms with Crippen LogP contribution in [0.2, 0.25) is 0 Å². The van der Waals surface area contributed by atoms with E-state index in [-0.39, 0.29) is 16.8 Å². The van der Waals surface area contributed by atoms with Crippen LogP contribution < -0.4 is 22.1 Å². The molecule has 3 heterocycles. The molecule has 3 aromatic carbocycles. The van der Waals surface area contributed by atoms with E-state index in [2.05, 4.69) is 36.4 Å². The molecular weight excluding hydrogens is 542 g/mol. The summed E-state index contributed by atoms with van der Waals surface area (Å²) in [5, 5.41) is 10.6. The normalized spacial score (nSPS) is 11.6. The van der Waals surface area contributed by atoms with Crippen LogP contribution in [-0.4, -0.2) is 36.3 Å². The van der Waals surface area contributed by atoms with Gasteiger partial charge in [0, 0.05) is 22.9 Å². The number of rotatable bonds is 5. The third kappa shape index (κ3) is 5.12. The minimum atomic E-state index is -0.694. The molecule has 6 N–H and O–H groups in total. The second-order valence-electron chi connectivity index (χ2n) is 11.4. The predicted octanol–water partition coefficient (Wildman–Crippen LogP) is 5.69. The highest BCUT2D eigenvalue weighted by Gasteiger charge is 2.24. The molecule has 0 radical (unpaired) electrons. The summed E-state index contributed by atoms with van der Waals surface area (Å²) in [5.41, 5.74) is 18.0. The lowest BCUT2D eigenvalue weighted by Gasteiger charge is -2.14. The number of para-hydroxylation sites is 2. The van der Waals surface area contributed by atoms with E-state index in [1.165, 1.54) is 0 Å². The zero-order valence-electron chi connectivity index (χ0n) is 24.2. The summed E-state index contributed by atoms with van der Waals surface area (Å²) in [6.45, 7) is 8.23. The number of aromatic nitrogens is 5. The summed E-state index contributed by atoms with van der Waals surface area (Å²) in [7, 11) is 0. The first kappa shape index (κ1) is 27.5. The Morgan fingerprint density at radius 2 is 1.47 bits per heavy atom. The Kier molecular flexibility index (Phi) is 6.57. The van der Waals surface area contributed by atoms with Crippen molar-refractivity contribution in [2.24, 2.45) is 5.73 Å². The SMILES string of the molecule is Cc1ccc(-n2nc(C(C)(C)C)cc2NC(=O)Nc2ccc(-n3c(N)c(C(N)=O)c4nc5ccccc5nc43)cc2)cc1. The number of hydrogen-bond donors (Lipinski definition) is 4. The van der Waals surface area contributed by atoms with Gasteiger partial charge in [0.05, 0.1) is 22.4 Å². The topological polar surface area (TPSA) is 159 Å². The van der Waals surface area contributed by atoms with Crippen LogP contribution in [0.25, 0.3) is 33.6 Å². The van der Waals surface area contributed by atoms with Crippen LogP contribution in [0.15, 0.2) is 78.9 Å². The number of urea groups is 1.